The van der Waals surface area contributed by atoms with Crippen LogP contribution in [0.4, 0.5) is 17.1 Å². The van der Waals surface area contributed by atoms with Crippen molar-refractivity contribution in [3.05, 3.63) is 130 Å². The van der Waals surface area contributed by atoms with Gasteiger partial charge in [-0.1, -0.05) is 60.7 Å². The monoisotopic (exact) mass is 547 g/mol. The van der Waals surface area contributed by atoms with Crippen LogP contribution in [0.5, 0.6) is 5.75 Å². The number of methoxy groups -OCH3 is 1. The molecule has 0 saturated carbocycles. The Hall–Kier alpha value is -5.02. The molecule has 2 aliphatic heterocycles. The zero-order valence-corrected chi connectivity index (χ0v) is 22.6. The maximum atomic E-state index is 14.4. The minimum atomic E-state index is -0.556. The fourth-order valence-electron chi connectivity index (χ4n) is 5.44. The molecule has 1 unspecified atom stereocenters. The number of hydrogen-bond donors (Lipinski definition) is 0. The second-order valence-electron chi connectivity index (χ2n) is 10.0. The van der Waals surface area contributed by atoms with Gasteiger partial charge in [0, 0.05) is 44.0 Å². The number of amides is 1. The van der Waals surface area contributed by atoms with E-state index in [-0.39, 0.29) is 17.2 Å². The number of piperazine rings is 1. The summed E-state index contributed by atoms with van der Waals surface area (Å²) in [5.74, 6) is 1.03. The molecule has 0 aromatic heterocycles. The average molecular weight is 548 g/mol. The van der Waals surface area contributed by atoms with Gasteiger partial charge in [-0.15, -0.1) is 0 Å². The predicted molar refractivity (Wildman–Crippen MR) is 157 cm³/mol. The van der Waals surface area contributed by atoms with E-state index in [0.29, 0.717) is 49.1 Å². The summed E-state index contributed by atoms with van der Waals surface area (Å²) < 4.78 is 5.38. The number of nitro benzene ring substituents is 1. The summed E-state index contributed by atoms with van der Waals surface area (Å²) in [4.78, 5) is 36.9. The SMILES string of the molecule is COc1ccc(N2C(=O)c3cc([N+](=O)[O-])ccc3N=C3C2N(Cc2ccccc2)CCN3Cc2ccccc2)cc1. The summed E-state index contributed by atoms with van der Waals surface area (Å²) in [7, 11) is 1.59. The molecule has 0 N–H and O–H groups in total. The third kappa shape index (κ3) is 5.27. The van der Waals surface area contributed by atoms with Crippen molar-refractivity contribution in [2.24, 2.45) is 4.99 Å². The lowest BCUT2D eigenvalue weighted by Crippen LogP contribution is -2.64. The molecule has 4 aromatic rings. The number of aliphatic imine (C=N–C) groups is 1. The first kappa shape index (κ1) is 26.2. The molecule has 6 rings (SSSR count). The first-order valence-electron chi connectivity index (χ1n) is 13.4. The highest BCUT2D eigenvalue weighted by Gasteiger charge is 2.43. The summed E-state index contributed by atoms with van der Waals surface area (Å²) in [5, 5.41) is 11.7. The Morgan fingerprint density at radius 2 is 1.54 bits per heavy atom. The van der Waals surface area contributed by atoms with E-state index in [9.17, 15) is 14.9 Å². The quantitative estimate of drug-likeness (QED) is 0.220. The van der Waals surface area contributed by atoms with Gasteiger partial charge >= 0.3 is 0 Å². The number of nitro groups is 1. The van der Waals surface area contributed by atoms with E-state index >= 15 is 0 Å². The smallest absolute Gasteiger partial charge is 0.270 e. The van der Waals surface area contributed by atoms with Crippen molar-refractivity contribution < 1.29 is 14.5 Å². The van der Waals surface area contributed by atoms with Crippen molar-refractivity contribution in [3.63, 3.8) is 0 Å². The normalized spacial score (nSPS) is 16.9. The standard InChI is InChI=1S/C32H29N5O4/c1-41-27-15-12-25(13-16-27)36-31-30(33-29-17-14-26(37(39)40)20-28(29)32(36)38)34(21-23-8-4-2-5-9-23)18-19-35(31)22-24-10-6-3-7-11-24/h2-17,20,31H,18-19,21-22H2,1H3. The van der Waals surface area contributed by atoms with Crippen LogP contribution < -0.4 is 9.64 Å². The van der Waals surface area contributed by atoms with Gasteiger partial charge in [0.2, 0.25) is 0 Å². The second-order valence-corrected chi connectivity index (χ2v) is 10.0. The molecule has 41 heavy (non-hydrogen) atoms. The molecule has 2 aliphatic rings. The van der Waals surface area contributed by atoms with Crippen molar-refractivity contribution in [3.8, 4) is 5.75 Å². The van der Waals surface area contributed by atoms with Gasteiger partial charge < -0.3 is 9.64 Å². The number of fused-ring (bicyclic) bond motifs is 2. The van der Waals surface area contributed by atoms with E-state index in [1.807, 2.05) is 60.7 Å². The molecule has 2 heterocycles. The zero-order chi connectivity index (χ0) is 28.3. The predicted octanol–water partition coefficient (Wildman–Crippen LogP) is 5.64. The number of ether oxygens (including phenoxy) is 1. The Labute approximate surface area is 238 Å². The third-order valence-corrected chi connectivity index (χ3v) is 7.47. The molecular formula is C32H29N5O4. The summed E-state index contributed by atoms with van der Waals surface area (Å²) in [6.07, 6.45) is -0.556. The summed E-state index contributed by atoms with van der Waals surface area (Å²) in [6.45, 7) is 2.59. The van der Waals surface area contributed by atoms with Crippen molar-refractivity contribution in [2.75, 3.05) is 25.1 Å². The Morgan fingerprint density at radius 3 is 2.17 bits per heavy atom. The van der Waals surface area contributed by atoms with Gasteiger partial charge in [-0.25, -0.2) is 4.99 Å². The lowest BCUT2D eigenvalue weighted by Gasteiger charge is -2.47. The van der Waals surface area contributed by atoms with Crippen LogP contribution >= 0.6 is 0 Å². The van der Waals surface area contributed by atoms with Gasteiger partial charge in [0.25, 0.3) is 11.6 Å². The van der Waals surface area contributed by atoms with Crippen LogP contribution in [-0.4, -0.2) is 52.8 Å². The molecule has 0 bridgehead atoms. The molecule has 9 nitrogen and oxygen atoms in total. The lowest BCUT2D eigenvalue weighted by molar-refractivity contribution is -0.384. The van der Waals surface area contributed by atoms with Crippen LogP contribution in [-0.2, 0) is 13.1 Å². The number of carbonyl (C=O) groups excluding carboxylic acids is 1. The Kier molecular flexibility index (Phi) is 7.18. The van der Waals surface area contributed by atoms with Crippen LogP contribution in [0.1, 0.15) is 21.5 Å². The summed E-state index contributed by atoms with van der Waals surface area (Å²) in [6, 6.07) is 31.9. The van der Waals surface area contributed by atoms with Gasteiger partial charge in [-0.05, 0) is 41.5 Å². The van der Waals surface area contributed by atoms with Crippen molar-refractivity contribution in [2.45, 2.75) is 19.3 Å². The highest BCUT2D eigenvalue weighted by atomic mass is 16.6. The maximum absolute atomic E-state index is 14.4. The molecule has 4 aromatic carbocycles. The van der Waals surface area contributed by atoms with Gasteiger partial charge in [-0.3, -0.25) is 24.7 Å². The maximum Gasteiger partial charge on any atom is 0.270 e. The van der Waals surface area contributed by atoms with Crippen LogP contribution in [0, 0.1) is 10.1 Å². The largest absolute Gasteiger partial charge is 0.497 e. The molecule has 206 valence electrons. The van der Waals surface area contributed by atoms with Crippen LogP contribution in [0.3, 0.4) is 0 Å². The van der Waals surface area contributed by atoms with E-state index in [2.05, 4.69) is 34.1 Å². The summed E-state index contributed by atoms with van der Waals surface area (Å²) >= 11 is 0. The number of benzene rings is 4. The van der Waals surface area contributed by atoms with Crippen LogP contribution in [0.15, 0.2) is 108 Å². The van der Waals surface area contributed by atoms with E-state index in [0.717, 1.165) is 11.1 Å². The molecule has 1 amide bonds. The van der Waals surface area contributed by atoms with Crippen molar-refractivity contribution >= 4 is 28.8 Å². The minimum Gasteiger partial charge on any atom is -0.497 e. The molecule has 1 saturated heterocycles. The molecule has 1 atom stereocenters. The molecular weight excluding hydrogens is 518 g/mol. The third-order valence-electron chi connectivity index (χ3n) is 7.47. The zero-order valence-electron chi connectivity index (χ0n) is 22.6. The number of anilines is 1. The Bertz CT molecular complexity index is 1590. The van der Waals surface area contributed by atoms with Gasteiger partial charge in [0.15, 0.2) is 0 Å². The fourth-order valence-corrected chi connectivity index (χ4v) is 5.44. The minimum absolute atomic E-state index is 0.154. The van der Waals surface area contributed by atoms with Gasteiger partial charge in [0.1, 0.15) is 17.8 Å². The number of carbonyl (C=O) groups is 1. The van der Waals surface area contributed by atoms with Crippen molar-refractivity contribution in [1.82, 2.24) is 9.80 Å². The highest BCUT2D eigenvalue weighted by Crippen LogP contribution is 2.36. The molecule has 0 spiro atoms. The highest BCUT2D eigenvalue weighted by molar-refractivity contribution is 6.15. The van der Waals surface area contributed by atoms with E-state index in [1.165, 1.54) is 12.1 Å². The first-order chi connectivity index (χ1) is 20.0. The molecule has 0 radical (unpaired) electrons. The van der Waals surface area contributed by atoms with Gasteiger partial charge in [-0.2, -0.15) is 0 Å². The summed E-state index contributed by atoms with van der Waals surface area (Å²) in [5.41, 5.74) is 3.34. The van der Waals surface area contributed by atoms with E-state index in [4.69, 9.17) is 9.73 Å². The Balaban J connectivity index is 1.53. The lowest BCUT2D eigenvalue weighted by atomic mass is 10.1. The molecule has 9 heteroatoms. The number of hydrogen-bond acceptors (Lipinski definition) is 7. The fraction of sp³-hybridized carbons (Fsp3) is 0.188. The van der Waals surface area contributed by atoms with Gasteiger partial charge in [0.05, 0.1) is 23.3 Å². The van der Waals surface area contributed by atoms with Crippen LogP contribution in [0.25, 0.3) is 0 Å². The number of rotatable bonds is 7. The first-order valence-corrected chi connectivity index (χ1v) is 13.4. The van der Waals surface area contributed by atoms with E-state index < -0.39 is 11.1 Å². The topological polar surface area (TPSA) is 91.5 Å². The molecule has 1 fully saturated rings. The molecule has 0 aliphatic carbocycles. The van der Waals surface area contributed by atoms with Crippen molar-refractivity contribution in [1.29, 1.82) is 0 Å². The number of non-ortho nitro benzene ring substituents is 1. The number of amidine groups is 1. The Morgan fingerprint density at radius 1 is 0.878 bits per heavy atom. The van der Waals surface area contributed by atoms with Crippen LogP contribution in [0.2, 0.25) is 0 Å². The number of nitrogens with zero attached hydrogens (tertiary/aromatic N) is 5. The average Bonchev–Trinajstić information content (AvgIpc) is 3.13. The second kappa shape index (κ2) is 11.2. The van der Waals surface area contributed by atoms with E-state index in [1.54, 1.807) is 18.1 Å².